The molecule has 17 heteroatoms. The number of urea groups is 1. The first-order valence-electron chi connectivity index (χ1n) is 21.2. The second kappa shape index (κ2) is 20.0. The molecule has 0 aliphatic carbocycles. The number of para-hydroxylation sites is 1. The number of hydrogen-bond donors (Lipinski definition) is 3. The van der Waals surface area contributed by atoms with Gasteiger partial charge in [0, 0.05) is 96.2 Å². The van der Waals surface area contributed by atoms with Crippen LogP contribution in [0.4, 0.5) is 38.6 Å². The lowest BCUT2D eigenvalue weighted by Gasteiger charge is -2.47. The minimum absolute atomic E-state index is 0.225. The highest BCUT2D eigenvalue weighted by molar-refractivity contribution is 7.17. The smallest absolute Gasteiger partial charge is 0.328 e. The minimum atomic E-state index is -0.359. The zero-order chi connectivity index (χ0) is 42.9. The van der Waals surface area contributed by atoms with Gasteiger partial charge in [-0.2, -0.15) is 0 Å². The van der Waals surface area contributed by atoms with Gasteiger partial charge < -0.3 is 25.3 Å². The standard InChI is InChI=1S/C36H46N10O4S.C8H10ClN/c1-26-38-30(40-34-37-24-29(25-47)51-34)23-31(39-26)44-21-19-42(20-22-44)13-2-3-33(49)45-17-11-36(12-18-45)9-15-43(16-10-36)27-4-6-28(7-5-27)46-14-8-32(48)41-35(46)50;1-6-4-3-5-7(9)8(6)10-2/h4-7,23-25H,2-3,8-22H2,1H3,(H,41,48,50)(H,37,38,39,40);3-5,10H,1-2H3. The van der Waals surface area contributed by atoms with Gasteiger partial charge in [-0.15, -0.1) is 0 Å². The third-order valence-electron chi connectivity index (χ3n) is 12.3. The number of nitrogens with zero attached hydrogens (tertiary/aromatic N) is 8. The van der Waals surface area contributed by atoms with Crippen LogP contribution in [0.2, 0.25) is 5.02 Å². The number of nitrogens with one attached hydrogen (secondary N) is 3. The maximum Gasteiger partial charge on any atom is 0.328 e. The fourth-order valence-corrected chi connectivity index (χ4v) is 9.63. The van der Waals surface area contributed by atoms with Crippen LogP contribution >= 0.6 is 22.9 Å². The van der Waals surface area contributed by atoms with E-state index in [9.17, 15) is 19.2 Å². The van der Waals surface area contributed by atoms with Crippen LogP contribution in [0.1, 0.15) is 66.0 Å². The van der Waals surface area contributed by atoms with Crippen molar-refractivity contribution in [2.75, 3.05) is 97.8 Å². The second-order valence-electron chi connectivity index (χ2n) is 16.2. The number of carbonyl (C=O) groups is 4. The van der Waals surface area contributed by atoms with Gasteiger partial charge in [0.2, 0.25) is 11.8 Å². The molecule has 4 fully saturated rings. The lowest BCUT2D eigenvalue weighted by molar-refractivity contribution is -0.134. The molecule has 8 rings (SSSR count). The Balaban J connectivity index is 0.000000494. The van der Waals surface area contributed by atoms with Crippen LogP contribution in [-0.2, 0) is 9.59 Å². The highest BCUT2D eigenvalue weighted by Crippen LogP contribution is 2.42. The molecule has 4 aliphatic rings. The van der Waals surface area contributed by atoms with Crippen LogP contribution in [0.25, 0.3) is 0 Å². The Labute approximate surface area is 366 Å². The molecule has 15 nitrogen and oxygen atoms in total. The third kappa shape index (κ3) is 11.1. The van der Waals surface area contributed by atoms with Crippen LogP contribution in [0.5, 0.6) is 0 Å². The van der Waals surface area contributed by atoms with Gasteiger partial charge in [0.1, 0.15) is 17.5 Å². The molecule has 0 unspecified atom stereocenters. The van der Waals surface area contributed by atoms with Gasteiger partial charge in [0.05, 0.1) is 21.8 Å². The van der Waals surface area contributed by atoms with Gasteiger partial charge in [-0.25, -0.2) is 19.7 Å². The van der Waals surface area contributed by atoms with E-state index in [0.29, 0.717) is 46.5 Å². The van der Waals surface area contributed by atoms with E-state index < -0.39 is 0 Å². The highest BCUT2D eigenvalue weighted by Gasteiger charge is 2.38. The van der Waals surface area contributed by atoms with Gasteiger partial charge in [-0.3, -0.25) is 29.5 Å². The summed E-state index contributed by atoms with van der Waals surface area (Å²) in [4.78, 5) is 72.7. The molecule has 4 aliphatic heterocycles. The van der Waals surface area contributed by atoms with E-state index in [0.717, 1.165) is 125 Å². The minimum Gasteiger partial charge on any atom is -0.387 e. The Morgan fingerprint density at radius 3 is 2.25 bits per heavy atom. The molecule has 2 aromatic heterocycles. The number of piperidine rings is 2. The second-order valence-corrected chi connectivity index (χ2v) is 17.7. The fraction of sp³-hybridized carbons (Fsp3) is 0.477. The predicted octanol–water partition coefficient (Wildman–Crippen LogP) is 6.75. The van der Waals surface area contributed by atoms with E-state index >= 15 is 0 Å². The molecule has 0 atom stereocenters. The molecule has 4 amide bonds. The predicted molar refractivity (Wildman–Crippen MR) is 243 cm³/mol. The number of rotatable bonds is 11. The van der Waals surface area contributed by atoms with Crippen molar-refractivity contribution in [1.29, 1.82) is 0 Å². The molecule has 4 saturated heterocycles. The Bertz CT molecular complexity index is 2140. The summed E-state index contributed by atoms with van der Waals surface area (Å²) < 4.78 is 0. The van der Waals surface area contributed by atoms with Crippen molar-refractivity contribution in [3.05, 3.63) is 76.0 Å². The van der Waals surface area contributed by atoms with Crippen molar-refractivity contribution in [3.63, 3.8) is 0 Å². The quantitative estimate of drug-likeness (QED) is 0.137. The number of amides is 4. The molecule has 0 radical (unpaired) electrons. The number of halogens is 1. The molecule has 6 heterocycles. The summed E-state index contributed by atoms with van der Waals surface area (Å²) in [6.45, 7) is 12.4. The summed E-state index contributed by atoms with van der Waals surface area (Å²) in [5, 5.41) is 10.0. The molecular formula is C44H56ClN11O4S. The topological polar surface area (TPSA) is 159 Å². The first kappa shape index (κ1) is 43.8. The Kier molecular flexibility index (Phi) is 14.4. The SMILES string of the molecule is CNc1c(C)cccc1Cl.Cc1nc(Nc2ncc(C=O)s2)cc(N2CCN(CCCC(=O)N3CCC4(CC3)CCN(c3ccc(N5CCC(=O)NC5=O)cc3)CC4)CC2)n1. The van der Waals surface area contributed by atoms with Gasteiger partial charge >= 0.3 is 6.03 Å². The lowest BCUT2D eigenvalue weighted by atomic mass is 9.71. The van der Waals surface area contributed by atoms with Gasteiger partial charge in [0.25, 0.3) is 0 Å². The maximum atomic E-state index is 13.2. The molecule has 324 valence electrons. The molecule has 0 bridgehead atoms. The molecule has 3 N–H and O–H groups in total. The number of piperazine rings is 1. The molecule has 0 saturated carbocycles. The fourth-order valence-electron chi connectivity index (χ4n) is 8.67. The number of benzene rings is 2. The molecule has 4 aromatic rings. The van der Waals surface area contributed by atoms with E-state index in [2.05, 4.69) is 62.6 Å². The summed E-state index contributed by atoms with van der Waals surface area (Å²) in [6.07, 6.45) is 8.50. The average Bonchev–Trinajstić information content (AvgIpc) is 3.72. The largest absolute Gasteiger partial charge is 0.387 e. The summed E-state index contributed by atoms with van der Waals surface area (Å²) in [5.74, 6) is 2.27. The van der Waals surface area contributed by atoms with Crippen molar-refractivity contribution in [3.8, 4) is 0 Å². The van der Waals surface area contributed by atoms with Crippen molar-refractivity contribution in [2.45, 2.75) is 58.8 Å². The van der Waals surface area contributed by atoms with Gasteiger partial charge in [0.15, 0.2) is 11.4 Å². The number of imide groups is 1. The molecule has 2 aromatic carbocycles. The zero-order valence-electron chi connectivity index (χ0n) is 35.3. The number of carbonyl (C=O) groups excluding carboxylic acids is 4. The van der Waals surface area contributed by atoms with E-state index in [-0.39, 0.29) is 17.8 Å². The third-order valence-corrected chi connectivity index (χ3v) is 13.5. The van der Waals surface area contributed by atoms with Crippen molar-refractivity contribution >= 4 is 80.9 Å². The van der Waals surface area contributed by atoms with Crippen LogP contribution in [-0.4, -0.2) is 121 Å². The number of hydrogen-bond acceptors (Lipinski definition) is 13. The number of likely N-dealkylation sites (tertiary alicyclic amines) is 1. The molecule has 61 heavy (non-hydrogen) atoms. The molecule has 1 spiro atoms. The average molecular weight is 871 g/mol. The summed E-state index contributed by atoms with van der Waals surface area (Å²) in [7, 11) is 1.87. The van der Waals surface area contributed by atoms with Crippen molar-refractivity contribution in [1.82, 2.24) is 30.1 Å². The van der Waals surface area contributed by atoms with Gasteiger partial charge in [-0.05, 0) is 93.8 Å². The monoisotopic (exact) mass is 869 g/mol. The van der Waals surface area contributed by atoms with Crippen LogP contribution in [0, 0.1) is 19.3 Å². The molecular weight excluding hydrogens is 814 g/mol. The number of anilines is 6. The Morgan fingerprint density at radius 2 is 1.61 bits per heavy atom. The van der Waals surface area contributed by atoms with Gasteiger partial charge in [-0.1, -0.05) is 35.1 Å². The number of aldehydes is 1. The number of aryl methyl sites for hydroxylation is 2. The zero-order valence-corrected chi connectivity index (χ0v) is 36.9. The van der Waals surface area contributed by atoms with Crippen LogP contribution < -0.4 is 30.7 Å². The van der Waals surface area contributed by atoms with Crippen LogP contribution in [0.3, 0.4) is 0 Å². The van der Waals surface area contributed by atoms with E-state index in [1.54, 1.807) is 11.1 Å². The lowest BCUT2D eigenvalue weighted by Crippen LogP contribution is -2.49. The van der Waals surface area contributed by atoms with E-state index in [1.807, 2.05) is 57.3 Å². The Morgan fingerprint density at radius 1 is 0.902 bits per heavy atom. The maximum absolute atomic E-state index is 13.2. The Hall–Kier alpha value is -5.32. The van der Waals surface area contributed by atoms with Crippen molar-refractivity contribution in [2.24, 2.45) is 5.41 Å². The summed E-state index contributed by atoms with van der Waals surface area (Å²) in [6, 6.07) is 15.5. The summed E-state index contributed by atoms with van der Waals surface area (Å²) >= 11 is 7.15. The first-order valence-corrected chi connectivity index (χ1v) is 22.4. The number of aromatic nitrogens is 3. The van der Waals surface area contributed by atoms with E-state index in [4.69, 9.17) is 11.6 Å². The first-order chi connectivity index (χ1) is 29.5. The van der Waals surface area contributed by atoms with Crippen molar-refractivity contribution < 1.29 is 19.2 Å². The number of thiazole rings is 1. The van der Waals surface area contributed by atoms with Crippen LogP contribution in [0.15, 0.2) is 54.7 Å². The summed E-state index contributed by atoms with van der Waals surface area (Å²) in [5.41, 5.74) is 4.47. The van der Waals surface area contributed by atoms with E-state index in [1.165, 1.54) is 16.9 Å². The highest BCUT2D eigenvalue weighted by atomic mass is 35.5. The normalized spacial score (nSPS) is 18.0.